The first-order valence-corrected chi connectivity index (χ1v) is 5.14. The van der Waals surface area contributed by atoms with Crippen molar-refractivity contribution in [3.8, 4) is 0 Å². The third-order valence-electron chi connectivity index (χ3n) is 1.68. The lowest BCUT2D eigenvalue weighted by Crippen LogP contribution is -2.15. The summed E-state index contributed by atoms with van der Waals surface area (Å²) in [7, 11) is 0. The van der Waals surface area contributed by atoms with Crippen molar-refractivity contribution < 1.29 is 9.90 Å². The summed E-state index contributed by atoms with van der Waals surface area (Å²) in [6.07, 6.45) is 1.06. The van der Waals surface area contributed by atoms with Crippen molar-refractivity contribution in [3.63, 3.8) is 0 Å². The Labute approximate surface area is 81.4 Å². The van der Waals surface area contributed by atoms with E-state index in [9.17, 15) is 4.79 Å². The van der Waals surface area contributed by atoms with Crippen LogP contribution < -0.4 is 5.32 Å². The number of hydrogen-bond acceptors (Lipinski definition) is 3. The molecule has 1 heterocycles. The zero-order valence-corrected chi connectivity index (χ0v) is 8.36. The first-order chi connectivity index (χ1) is 6.25. The summed E-state index contributed by atoms with van der Waals surface area (Å²) in [5, 5.41) is 13.8. The van der Waals surface area contributed by atoms with Gasteiger partial charge in [-0.2, -0.15) is 0 Å². The first-order valence-electron chi connectivity index (χ1n) is 4.26. The third kappa shape index (κ3) is 2.82. The molecule has 1 aromatic heterocycles. The van der Waals surface area contributed by atoms with E-state index >= 15 is 0 Å². The van der Waals surface area contributed by atoms with Crippen LogP contribution in [0, 0.1) is 0 Å². The molecule has 72 valence electrons. The maximum absolute atomic E-state index is 10.7. The molecule has 0 fully saturated rings. The van der Waals surface area contributed by atoms with Gasteiger partial charge in [-0.25, -0.2) is 4.79 Å². The van der Waals surface area contributed by atoms with Gasteiger partial charge in [0.05, 0.1) is 0 Å². The summed E-state index contributed by atoms with van der Waals surface area (Å²) < 4.78 is 0. The molecule has 0 aliphatic rings. The third-order valence-corrected chi connectivity index (χ3v) is 2.63. The molecule has 0 aromatic carbocycles. The van der Waals surface area contributed by atoms with Gasteiger partial charge in [-0.3, -0.25) is 0 Å². The normalized spacial score (nSPS) is 10.2. The van der Waals surface area contributed by atoms with E-state index in [0.717, 1.165) is 18.5 Å². The fourth-order valence-electron chi connectivity index (χ4n) is 1.06. The molecular formula is C9H13NO2S. The summed E-state index contributed by atoms with van der Waals surface area (Å²) in [4.78, 5) is 11.1. The average molecular weight is 199 g/mol. The molecule has 0 aliphatic carbocycles. The van der Waals surface area contributed by atoms with Crippen molar-refractivity contribution >= 4 is 17.3 Å². The van der Waals surface area contributed by atoms with Crippen LogP contribution in [0.3, 0.4) is 0 Å². The Kier molecular flexibility index (Phi) is 3.92. The monoisotopic (exact) mass is 199 g/mol. The van der Waals surface area contributed by atoms with Gasteiger partial charge in [-0.1, -0.05) is 6.92 Å². The molecule has 0 saturated carbocycles. The largest absolute Gasteiger partial charge is 0.477 e. The summed E-state index contributed by atoms with van der Waals surface area (Å²) >= 11 is 1.28. The van der Waals surface area contributed by atoms with Gasteiger partial charge in [0.15, 0.2) is 0 Å². The molecule has 0 unspecified atom stereocenters. The van der Waals surface area contributed by atoms with E-state index < -0.39 is 5.97 Å². The van der Waals surface area contributed by atoms with Crippen LogP contribution in [0.25, 0.3) is 0 Å². The Morgan fingerprint density at radius 2 is 2.46 bits per heavy atom. The van der Waals surface area contributed by atoms with Crippen molar-refractivity contribution in [2.75, 3.05) is 6.54 Å². The first kappa shape index (κ1) is 10.2. The molecule has 2 N–H and O–H groups in total. The maximum Gasteiger partial charge on any atom is 0.346 e. The zero-order valence-electron chi connectivity index (χ0n) is 7.54. The van der Waals surface area contributed by atoms with E-state index in [1.807, 2.05) is 11.4 Å². The lowest BCUT2D eigenvalue weighted by atomic mass is 10.2. The van der Waals surface area contributed by atoms with Crippen LogP contribution in [0.15, 0.2) is 11.4 Å². The molecule has 4 heteroatoms. The second kappa shape index (κ2) is 4.99. The van der Waals surface area contributed by atoms with Crippen LogP contribution in [0.1, 0.15) is 28.6 Å². The molecule has 0 aliphatic heterocycles. The second-order valence-corrected chi connectivity index (χ2v) is 3.67. The highest BCUT2D eigenvalue weighted by Gasteiger charge is 2.10. The van der Waals surface area contributed by atoms with E-state index in [-0.39, 0.29) is 0 Å². The van der Waals surface area contributed by atoms with Crippen LogP contribution in [-0.2, 0) is 6.54 Å². The quantitative estimate of drug-likeness (QED) is 0.712. The topological polar surface area (TPSA) is 49.3 Å². The minimum atomic E-state index is -0.830. The number of carboxylic acids is 1. The van der Waals surface area contributed by atoms with Gasteiger partial charge in [0.2, 0.25) is 0 Å². The van der Waals surface area contributed by atoms with Crippen molar-refractivity contribution in [1.82, 2.24) is 5.32 Å². The Morgan fingerprint density at radius 3 is 3.08 bits per heavy atom. The molecule has 0 amide bonds. The van der Waals surface area contributed by atoms with E-state index in [0.29, 0.717) is 11.4 Å². The fraction of sp³-hybridized carbons (Fsp3) is 0.444. The van der Waals surface area contributed by atoms with E-state index in [1.165, 1.54) is 11.3 Å². The molecule has 0 bridgehead atoms. The Balaban J connectivity index is 2.55. The van der Waals surface area contributed by atoms with Gasteiger partial charge in [0, 0.05) is 6.54 Å². The molecule has 1 aromatic rings. The highest BCUT2D eigenvalue weighted by atomic mass is 32.1. The minimum absolute atomic E-state index is 0.448. The van der Waals surface area contributed by atoms with Crippen LogP contribution in [0.4, 0.5) is 0 Å². The number of hydrogen-bond donors (Lipinski definition) is 2. The smallest absolute Gasteiger partial charge is 0.346 e. The van der Waals surface area contributed by atoms with E-state index in [1.54, 1.807) is 0 Å². The van der Waals surface area contributed by atoms with Gasteiger partial charge in [-0.15, -0.1) is 11.3 Å². The molecule has 0 spiro atoms. The van der Waals surface area contributed by atoms with E-state index in [4.69, 9.17) is 5.11 Å². The number of carbonyl (C=O) groups is 1. The highest BCUT2D eigenvalue weighted by Crippen LogP contribution is 2.16. The highest BCUT2D eigenvalue weighted by molar-refractivity contribution is 7.12. The standard InChI is InChI=1S/C9H13NO2S/c1-2-4-10-6-7-3-5-13-8(7)9(11)12/h3,5,10H,2,4,6H2,1H3,(H,11,12). The predicted octanol–water partition coefficient (Wildman–Crippen LogP) is 1.95. The summed E-state index contributed by atoms with van der Waals surface area (Å²) in [6, 6.07) is 1.86. The SMILES string of the molecule is CCCNCc1ccsc1C(=O)O. The van der Waals surface area contributed by atoms with Crippen LogP contribution in [0.5, 0.6) is 0 Å². The predicted molar refractivity (Wildman–Crippen MR) is 53.3 cm³/mol. The van der Waals surface area contributed by atoms with Crippen LogP contribution in [0.2, 0.25) is 0 Å². The Hall–Kier alpha value is -0.870. The summed E-state index contributed by atoms with van der Waals surface area (Å²) in [6.45, 7) is 3.66. The van der Waals surface area contributed by atoms with Crippen molar-refractivity contribution in [1.29, 1.82) is 0 Å². The van der Waals surface area contributed by atoms with Crippen molar-refractivity contribution in [3.05, 3.63) is 21.9 Å². The fourth-order valence-corrected chi connectivity index (χ4v) is 1.82. The number of thiophene rings is 1. The molecule has 0 atom stereocenters. The maximum atomic E-state index is 10.7. The molecule has 3 nitrogen and oxygen atoms in total. The number of aromatic carboxylic acids is 1. The van der Waals surface area contributed by atoms with Gasteiger partial charge >= 0.3 is 5.97 Å². The van der Waals surface area contributed by atoms with Gasteiger partial charge in [0.1, 0.15) is 4.88 Å². The van der Waals surface area contributed by atoms with Crippen molar-refractivity contribution in [2.24, 2.45) is 0 Å². The van der Waals surface area contributed by atoms with Crippen LogP contribution >= 0.6 is 11.3 Å². The summed E-state index contributed by atoms with van der Waals surface area (Å²) in [5.74, 6) is -0.830. The number of rotatable bonds is 5. The van der Waals surface area contributed by atoms with Gasteiger partial charge < -0.3 is 10.4 Å². The van der Waals surface area contributed by atoms with Crippen LogP contribution in [-0.4, -0.2) is 17.6 Å². The second-order valence-electron chi connectivity index (χ2n) is 2.76. The Morgan fingerprint density at radius 1 is 1.69 bits per heavy atom. The van der Waals surface area contributed by atoms with Crippen molar-refractivity contribution in [2.45, 2.75) is 19.9 Å². The van der Waals surface area contributed by atoms with Gasteiger partial charge in [0.25, 0.3) is 0 Å². The number of nitrogens with one attached hydrogen (secondary N) is 1. The lowest BCUT2D eigenvalue weighted by molar-refractivity contribution is 0.0701. The van der Waals surface area contributed by atoms with Gasteiger partial charge in [-0.05, 0) is 30.0 Å². The lowest BCUT2D eigenvalue weighted by Gasteiger charge is -2.01. The number of carboxylic acid groups (broad SMARTS) is 1. The molecular weight excluding hydrogens is 186 g/mol. The summed E-state index contributed by atoms with van der Waals surface area (Å²) in [5.41, 5.74) is 0.881. The molecule has 13 heavy (non-hydrogen) atoms. The molecule has 1 rings (SSSR count). The van der Waals surface area contributed by atoms with E-state index in [2.05, 4.69) is 12.2 Å². The Bertz CT molecular complexity index is 283. The molecule has 0 saturated heterocycles. The molecule has 0 radical (unpaired) electrons. The minimum Gasteiger partial charge on any atom is -0.477 e. The zero-order chi connectivity index (χ0) is 9.68. The average Bonchev–Trinajstić information content (AvgIpc) is 2.53.